The van der Waals surface area contributed by atoms with Crippen molar-refractivity contribution in [3.63, 3.8) is 0 Å². The summed E-state index contributed by atoms with van der Waals surface area (Å²) in [7, 11) is 0.778. The summed E-state index contributed by atoms with van der Waals surface area (Å²) >= 11 is 11.4. The highest BCUT2D eigenvalue weighted by Gasteiger charge is 2.58. The van der Waals surface area contributed by atoms with Crippen molar-refractivity contribution in [1.82, 2.24) is 0 Å². The number of carbonyl (C=O) groups excluding carboxylic acids is 1. The predicted octanol–water partition coefficient (Wildman–Crippen LogP) is 3.73. The molecule has 0 bridgehead atoms. The summed E-state index contributed by atoms with van der Waals surface area (Å²) in [5, 5.41) is -0.404. The van der Waals surface area contributed by atoms with Gasteiger partial charge in [-0.1, -0.05) is 23.2 Å². The third-order valence-electron chi connectivity index (χ3n) is 2.74. The number of hydrogen-bond acceptors (Lipinski definition) is 3. The minimum atomic E-state index is -4.92. The van der Waals surface area contributed by atoms with E-state index in [1.807, 2.05) is 0 Å². The van der Waals surface area contributed by atoms with Crippen molar-refractivity contribution in [2.75, 3.05) is 12.8 Å². The summed E-state index contributed by atoms with van der Waals surface area (Å²) in [5.41, 5.74) is 1.75. The molecule has 3 nitrogen and oxygen atoms in total. The van der Waals surface area contributed by atoms with E-state index in [1.165, 1.54) is 12.1 Å². The Labute approximate surface area is 117 Å². The van der Waals surface area contributed by atoms with Gasteiger partial charge < -0.3 is 10.5 Å². The molecule has 0 amide bonds. The molecular formula is C11H10Cl2F3NO2. The van der Waals surface area contributed by atoms with Crippen LogP contribution in [-0.4, -0.2) is 24.7 Å². The van der Waals surface area contributed by atoms with Crippen LogP contribution in [0.5, 0.6) is 0 Å². The van der Waals surface area contributed by atoms with Gasteiger partial charge in [0, 0.05) is 12.8 Å². The average Bonchev–Trinajstić information content (AvgIpc) is 2.31. The smallest absolute Gasteiger partial charge is 0.398 e. The monoisotopic (exact) mass is 315 g/mol. The zero-order valence-electron chi connectivity index (χ0n) is 9.94. The van der Waals surface area contributed by atoms with Crippen LogP contribution in [0.25, 0.3) is 0 Å². The summed E-state index contributed by atoms with van der Waals surface area (Å²) in [5.74, 6) is -1.40. The van der Waals surface area contributed by atoms with E-state index >= 15 is 0 Å². The van der Waals surface area contributed by atoms with Gasteiger partial charge in [0.1, 0.15) is 0 Å². The molecule has 19 heavy (non-hydrogen) atoms. The fourth-order valence-corrected chi connectivity index (χ4v) is 1.79. The quantitative estimate of drug-likeness (QED) is 0.683. The normalized spacial score (nSPS) is 15.1. The fraction of sp³-hybridized carbons (Fsp3) is 0.364. The maximum absolute atomic E-state index is 12.9. The molecule has 8 heteroatoms. The van der Waals surface area contributed by atoms with Gasteiger partial charge in [-0.15, -0.1) is 0 Å². The first-order chi connectivity index (χ1) is 8.56. The molecule has 1 aromatic carbocycles. The minimum Gasteiger partial charge on any atom is -0.398 e. The maximum Gasteiger partial charge on any atom is 0.424 e. The van der Waals surface area contributed by atoms with Crippen molar-refractivity contribution in [1.29, 1.82) is 0 Å². The molecule has 0 heterocycles. The number of benzene rings is 1. The Hall–Kier alpha value is -0.980. The minimum absolute atomic E-state index is 0.0696. The first kappa shape index (κ1) is 16.1. The van der Waals surface area contributed by atoms with E-state index in [1.54, 1.807) is 0 Å². The number of nitrogen functional groups attached to an aromatic ring is 1. The second-order valence-corrected chi connectivity index (χ2v) is 4.68. The zero-order chi connectivity index (χ0) is 15.0. The number of hydrogen-bond donors (Lipinski definition) is 1. The Bertz CT molecular complexity index is 519. The van der Waals surface area contributed by atoms with Gasteiger partial charge in [-0.2, -0.15) is 13.2 Å². The Kier molecular flexibility index (Phi) is 4.39. The fourth-order valence-electron chi connectivity index (χ4n) is 1.37. The van der Waals surface area contributed by atoms with Crippen LogP contribution in [0.1, 0.15) is 17.3 Å². The lowest BCUT2D eigenvalue weighted by Crippen LogP contribution is -2.51. The summed E-state index contributed by atoms with van der Waals surface area (Å²) in [6.07, 6.45) is -4.92. The Morgan fingerprint density at radius 2 is 1.84 bits per heavy atom. The average molecular weight is 316 g/mol. The lowest BCUT2D eigenvalue weighted by Gasteiger charge is -2.29. The number of carbonyl (C=O) groups is 1. The van der Waals surface area contributed by atoms with Crippen LogP contribution in [0.4, 0.5) is 18.9 Å². The highest BCUT2D eigenvalue weighted by molar-refractivity contribution is 6.44. The van der Waals surface area contributed by atoms with Gasteiger partial charge in [-0.3, -0.25) is 4.79 Å². The number of methoxy groups -OCH3 is 1. The molecule has 0 aromatic heterocycles. The summed E-state index contributed by atoms with van der Waals surface area (Å²) in [6.45, 7) is 0.603. The lowest BCUT2D eigenvalue weighted by atomic mass is 9.92. The number of ketones is 1. The van der Waals surface area contributed by atoms with Crippen molar-refractivity contribution in [3.05, 3.63) is 27.7 Å². The lowest BCUT2D eigenvalue weighted by molar-refractivity contribution is -0.239. The van der Waals surface area contributed by atoms with E-state index in [9.17, 15) is 18.0 Å². The molecule has 0 aliphatic rings. The van der Waals surface area contributed by atoms with Gasteiger partial charge in [-0.25, -0.2) is 0 Å². The van der Waals surface area contributed by atoms with Crippen molar-refractivity contribution in [2.24, 2.45) is 0 Å². The molecule has 1 aromatic rings. The van der Waals surface area contributed by atoms with Gasteiger partial charge in [0.2, 0.25) is 11.4 Å². The number of nitrogens with two attached hydrogens (primary N) is 1. The number of anilines is 1. The highest BCUT2D eigenvalue weighted by atomic mass is 35.5. The Balaban J connectivity index is 3.47. The van der Waals surface area contributed by atoms with Crippen LogP contribution < -0.4 is 5.73 Å². The molecule has 0 spiro atoms. The third-order valence-corrected chi connectivity index (χ3v) is 3.54. The van der Waals surface area contributed by atoms with Crippen LogP contribution in [0.15, 0.2) is 12.1 Å². The topological polar surface area (TPSA) is 52.3 Å². The molecule has 0 saturated carbocycles. The van der Waals surface area contributed by atoms with Crippen LogP contribution in [0.2, 0.25) is 10.0 Å². The van der Waals surface area contributed by atoms with Gasteiger partial charge in [0.05, 0.1) is 15.6 Å². The first-order valence-corrected chi connectivity index (χ1v) is 5.72. The van der Waals surface area contributed by atoms with E-state index in [2.05, 4.69) is 4.74 Å². The van der Waals surface area contributed by atoms with Crippen molar-refractivity contribution in [3.8, 4) is 0 Å². The zero-order valence-corrected chi connectivity index (χ0v) is 11.5. The molecular weight excluding hydrogens is 306 g/mol. The molecule has 0 radical (unpaired) electrons. The summed E-state index contributed by atoms with van der Waals surface area (Å²) in [6, 6.07) is 2.49. The molecule has 0 saturated heterocycles. The van der Waals surface area contributed by atoms with Crippen molar-refractivity contribution >= 4 is 34.7 Å². The van der Waals surface area contributed by atoms with Gasteiger partial charge in [0.15, 0.2) is 0 Å². The molecule has 106 valence electrons. The van der Waals surface area contributed by atoms with Crippen molar-refractivity contribution < 1.29 is 22.7 Å². The second kappa shape index (κ2) is 5.19. The van der Waals surface area contributed by atoms with E-state index in [4.69, 9.17) is 28.9 Å². The van der Waals surface area contributed by atoms with Crippen LogP contribution in [0, 0.1) is 0 Å². The predicted molar refractivity (Wildman–Crippen MR) is 66.7 cm³/mol. The van der Waals surface area contributed by atoms with E-state index in [0.29, 0.717) is 6.92 Å². The molecule has 1 rings (SSSR count). The molecule has 0 aliphatic carbocycles. The SMILES string of the molecule is COC(C)(C(=O)c1c(N)ccc(Cl)c1Cl)C(F)(F)F. The van der Waals surface area contributed by atoms with Crippen LogP contribution in [0.3, 0.4) is 0 Å². The molecule has 0 fully saturated rings. The number of alkyl halides is 3. The Morgan fingerprint density at radius 1 is 1.32 bits per heavy atom. The van der Waals surface area contributed by atoms with Crippen LogP contribution in [-0.2, 0) is 4.74 Å². The highest BCUT2D eigenvalue weighted by Crippen LogP contribution is 2.40. The number of ether oxygens (including phenoxy) is 1. The van der Waals surface area contributed by atoms with E-state index < -0.39 is 23.1 Å². The number of Topliss-reactive ketones (excluding diaryl/α,β-unsaturated/α-hetero) is 1. The van der Waals surface area contributed by atoms with Gasteiger partial charge >= 0.3 is 6.18 Å². The number of halogens is 5. The molecule has 1 unspecified atom stereocenters. The largest absolute Gasteiger partial charge is 0.424 e. The Morgan fingerprint density at radius 3 is 2.26 bits per heavy atom. The second-order valence-electron chi connectivity index (χ2n) is 3.89. The summed E-state index contributed by atoms with van der Waals surface area (Å²) < 4.78 is 43.2. The molecule has 2 N–H and O–H groups in total. The third kappa shape index (κ3) is 2.66. The molecule has 0 aliphatic heterocycles. The maximum atomic E-state index is 12.9. The van der Waals surface area contributed by atoms with Gasteiger partial charge in [-0.05, 0) is 19.1 Å². The first-order valence-electron chi connectivity index (χ1n) is 4.96. The standard InChI is InChI=1S/C11H10Cl2F3NO2/c1-10(19-2,11(14,15)16)9(18)7-6(17)4-3-5(12)8(7)13/h3-4H,17H2,1-2H3. The van der Waals surface area contributed by atoms with Crippen LogP contribution >= 0.6 is 23.2 Å². The van der Waals surface area contributed by atoms with E-state index in [0.717, 1.165) is 7.11 Å². The van der Waals surface area contributed by atoms with Gasteiger partial charge in [0.25, 0.3) is 0 Å². The summed E-state index contributed by atoms with van der Waals surface area (Å²) in [4.78, 5) is 12.1. The number of rotatable bonds is 3. The van der Waals surface area contributed by atoms with E-state index in [-0.39, 0.29) is 15.7 Å². The van der Waals surface area contributed by atoms with Crippen molar-refractivity contribution in [2.45, 2.75) is 18.7 Å². The molecule has 1 atom stereocenters.